The summed E-state index contributed by atoms with van der Waals surface area (Å²) in [4.78, 5) is 11.9. The van der Waals surface area contributed by atoms with Gasteiger partial charge < -0.3 is 14.0 Å². The highest BCUT2D eigenvalue weighted by molar-refractivity contribution is 6.78. The largest absolute Gasteiger partial charge is 0.543 e. The Labute approximate surface area is 186 Å². The molecular formula is C24H44O4Si2. The van der Waals surface area contributed by atoms with Gasteiger partial charge >= 0.3 is 5.97 Å². The zero-order chi connectivity index (χ0) is 23.5. The molecule has 0 saturated heterocycles. The van der Waals surface area contributed by atoms with Gasteiger partial charge in [-0.05, 0) is 52.5 Å². The van der Waals surface area contributed by atoms with Gasteiger partial charge in [0.05, 0.1) is 0 Å². The third-order valence-electron chi connectivity index (χ3n) is 6.86. The molecule has 30 heavy (non-hydrogen) atoms. The van der Waals surface area contributed by atoms with Gasteiger partial charge in [0, 0.05) is 6.42 Å². The number of hydrogen-bond acceptors (Lipinski definition) is 3. The summed E-state index contributed by atoms with van der Waals surface area (Å²) in [7, 11) is -4.17. The molecule has 4 nitrogen and oxygen atoms in total. The molecule has 0 unspecified atom stereocenters. The van der Waals surface area contributed by atoms with Gasteiger partial charge in [-0.1, -0.05) is 74.4 Å². The fourth-order valence-corrected chi connectivity index (χ4v) is 10.7. The van der Waals surface area contributed by atoms with Crippen molar-refractivity contribution in [2.75, 3.05) is 0 Å². The van der Waals surface area contributed by atoms with Crippen LogP contribution in [0.25, 0.3) is 0 Å². The monoisotopic (exact) mass is 452 g/mol. The Kier molecular flexibility index (Phi) is 8.98. The van der Waals surface area contributed by atoms with Crippen molar-refractivity contribution >= 4 is 22.6 Å². The topological polar surface area (TPSA) is 55.8 Å². The first-order valence-corrected chi connectivity index (χ1v) is 16.3. The van der Waals surface area contributed by atoms with Gasteiger partial charge in [0.1, 0.15) is 11.9 Å². The second-order valence-corrected chi connectivity index (χ2v) is 21.1. The maximum Gasteiger partial charge on any atom is 0.331 e. The lowest BCUT2D eigenvalue weighted by Gasteiger charge is -2.42. The Hall–Kier alpha value is -1.12. The van der Waals surface area contributed by atoms with Crippen molar-refractivity contribution in [3.05, 3.63) is 29.8 Å². The van der Waals surface area contributed by atoms with Gasteiger partial charge in [0.25, 0.3) is 8.32 Å². The normalized spacial score (nSPS) is 14.5. The van der Waals surface area contributed by atoms with Crippen LogP contribution in [-0.4, -0.2) is 33.8 Å². The molecule has 0 aliphatic rings. The number of hydrogen-bond donors (Lipinski definition) is 1. The number of carboxylic acid groups (broad SMARTS) is 1. The van der Waals surface area contributed by atoms with E-state index in [1.165, 1.54) is 0 Å². The third-order valence-corrected chi connectivity index (χ3v) is 17.4. The summed E-state index contributed by atoms with van der Waals surface area (Å²) < 4.78 is 12.9. The second kappa shape index (κ2) is 10.0. The quantitative estimate of drug-likeness (QED) is 0.380. The summed E-state index contributed by atoms with van der Waals surface area (Å²) in [6, 6.07) is 7.96. The van der Waals surface area contributed by atoms with Crippen molar-refractivity contribution < 1.29 is 18.8 Å². The summed E-state index contributed by atoms with van der Waals surface area (Å²) in [6.45, 7) is 24.2. The highest BCUT2D eigenvalue weighted by Crippen LogP contribution is 2.43. The molecular weight excluding hydrogens is 408 g/mol. The minimum Gasteiger partial charge on any atom is -0.543 e. The molecule has 0 saturated carbocycles. The zero-order valence-corrected chi connectivity index (χ0v) is 23.0. The van der Waals surface area contributed by atoms with Crippen LogP contribution in [0.15, 0.2) is 24.3 Å². The second-order valence-electron chi connectivity index (χ2n) is 11.0. The van der Waals surface area contributed by atoms with Crippen LogP contribution in [0.3, 0.4) is 0 Å². The Morgan fingerprint density at radius 3 is 1.70 bits per heavy atom. The van der Waals surface area contributed by atoms with Crippen molar-refractivity contribution in [3.63, 3.8) is 0 Å². The summed E-state index contributed by atoms with van der Waals surface area (Å²) in [5, 5.41) is 9.70. The molecule has 1 atom stereocenters. The van der Waals surface area contributed by atoms with Gasteiger partial charge in [-0.2, -0.15) is 0 Å². The molecule has 0 spiro atoms. The van der Waals surface area contributed by atoms with Crippen molar-refractivity contribution in [2.24, 2.45) is 0 Å². The van der Waals surface area contributed by atoms with Gasteiger partial charge in [0.15, 0.2) is 8.32 Å². The van der Waals surface area contributed by atoms with Crippen molar-refractivity contribution in [2.45, 2.75) is 110 Å². The average Bonchev–Trinajstić information content (AvgIpc) is 2.58. The van der Waals surface area contributed by atoms with E-state index in [0.29, 0.717) is 23.0 Å². The first-order chi connectivity index (χ1) is 13.5. The van der Waals surface area contributed by atoms with Crippen LogP contribution in [-0.2, 0) is 15.6 Å². The van der Waals surface area contributed by atoms with E-state index in [-0.39, 0.29) is 5.04 Å². The number of carbonyl (C=O) groups is 1. The molecule has 0 fully saturated rings. The standard InChI is InChI=1S/C24H44O4Si2/c1-17(2)30(18(3)4,19(5)6)27-21-14-12-20(13-15-21)16-22(23(25)26)28-29(10,11)24(7,8)9/h12-15,17-19,22H,16H2,1-11H3,(H,25,26)/t22-/m1/s1. The van der Waals surface area contributed by atoms with E-state index in [4.69, 9.17) is 8.85 Å². The Morgan fingerprint density at radius 2 is 1.37 bits per heavy atom. The van der Waals surface area contributed by atoms with E-state index in [9.17, 15) is 9.90 Å². The van der Waals surface area contributed by atoms with E-state index in [1.54, 1.807) is 0 Å². The predicted molar refractivity (Wildman–Crippen MR) is 132 cm³/mol. The van der Waals surface area contributed by atoms with Gasteiger partial charge in [-0.15, -0.1) is 0 Å². The van der Waals surface area contributed by atoms with E-state index in [1.807, 2.05) is 24.3 Å². The molecule has 0 aromatic heterocycles. The molecule has 0 heterocycles. The number of aliphatic carboxylic acids is 1. The Morgan fingerprint density at radius 1 is 0.933 bits per heavy atom. The summed E-state index contributed by atoms with van der Waals surface area (Å²) in [5.74, 6) is -0.00953. The Balaban J connectivity index is 3.04. The number of carboxylic acids is 1. The first kappa shape index (κ1) is 26.9. The molecule has 172 valence electrons. The van der Waals surface area contributed by atoms with E-state index in [2.05, 4.69) is 75.4 Å². The summed E-state index contributed by atoms with van der Waals surface area (Å²) in [5.41, 5.74) is 2.48. The molecule has 0 amide bonds. The summed E-state index contributed by atoms with van der Waals surface area (Å²) in [6.07, 6.45) is -0.461. The van der Waals surface area contributed by atoms with Crippen LogP contribution in [0.4, 0.5) is 0 Å². The molecule has 1 aromatic rings. The average molecular weight is 453 g/mol. The molecule has 0 aliphatic carbocycles. The molecule has 6 heteroatoms. The molecule has 1 N–H and O–H groups in total. The highest BCUT2D eigenvalue weighted by Gasteiger charge is 2.47. The molecule has 1 rings (SSSR count). The van der Waals surface area contributed by atoms with Crippen LogP contribution >= 0.6 is 0 Å². The van der Waals surface area contributed by atoms with Crippen LogP contribution in [0.5, 0.6) is 5.75 Å². The van der Waals surface area contributed by atoms with Crippen molar-refractivity contribution in [3.8, 4) is 5.75 Å². The summed E-state index contributed by atoms with van der Waals surface area (Å²) >= 11 is 0. The van der Waals surface area contributed by atoms with Gasteiger partial charge in [-0.25, -0.2) is 4.79 Å². The maximum absolute atomic E-state index is 11.9. The predicted octanol–water partition coefficient (Wildman–Crippen LogP) is 7.26. The van der Waals surface area contributed by atoms with Gasteiger partial charge in [0.2, 0.25) is 0 Å². The molecule has 0 bridgehead atoms. The van der Waals surface area contributed by atoms with Crippen molar-refractivity contribution in [1.29, 1.82) is 0 Å². The number of benzene rings is 1. The maximum atomic E-state index is 11.9. The fourth-order valence-electron chi connectivity index (χ4n) is 4.18. The van der Waals surface area contributed by atoms with Crippen LogP contribution in [0.1, 0.15) is 67.9 Å². The highest BCUT2D eigenvalue weighted by atomic mass is 28.4. The van der Waals surface area contributed by atoms with E-state index in [0.717, 1.165) is 11.3 Å². The Bertz CT molecular complexity index is 666. The van der Waals surface area contributed by atoms with Gasteiger partial charge in [-0.3, -0.25) is 0 Å². The third kappa shape index (κ3) is 6.20. The van der Waals surface area contributed by atoms with E-state index < -0.39 is 28.7 Å². The smallest absolute Gasteiger partial charge is 0.331 e. The molecule has 1 aromatic carbocycles. The molecule has 0 aliphatic heterocycles. The minimum atomic E-state index is -2.17. The lowest BCUT2D eigenvalue weighted by Crippen LogP contribution is -2.50. The first-order valence-electron chi connectivity index (χ1n) is 11.2. The van der Waals surface area contributed by atoms with Crippen LogP contribution in [0.2, 0.25) is 34.8 Å². The lowest BCUT2D eigenvalue weighted by atomic mass is 10.1. The minimum absolute atomic E-state index is 0.0309. The fraction of sp³-hybridized carbons (Fsp3) is 0.708. The van der Waals surface area contributed by atoms with Crippen LogP contribution < -0.4 is 4.43 Å². The zero-order valence-electron chi connectivity index (χ0n) is 21.0. The number of rotatable bonds is 10. The van der Waals surface area contributed by atoms with Crippen LogP contribution in [0, 0.1) is 0 Å². The molecule has 0 radical (unpaired) electrons. The lowest BCUT2D eigenvalue weighted by molar-refractivity contribution is -0.145. The van der Waals surface area contributed by atoms with E-state index >= 15 is 0 Å². The van der Waals surface area contributed by atoms with Crippen molar-refractivity contribution in [1.82, 2.24) is 0 Å². The SMILES string of the molecule is CC(C)[Si](Oc1ccc(C[C@@H](O[Si](C)(C)C(C)(C)C)C(=O)O)cc1)(C(C)C)C(C)C.